The molecule has 4 heteroatoms. The molecular formula is C12H23NO3. The zero-order valence-electron chi connectivity index (χ0n) is 10.7. The third kappa shape index (κ3) is 3.19. The molecule has 0 amide bonds. The average molecular weight is 229 g/mol. The van der Waals surface area contributed by atoms with E-state index in [1.54, 1.807) is 0 Å². The van der Waals surface area contributed by atoms with E-state index in [2.05, 4.69) is 19.2 Å². The highest BCUT2D eigenvalue weighted by atomic mass is 16.5. The van der Waals surface area contributed by atoms with Crippen LogP contribution < -0.4 is 5.32 Å². The van der Waals surface area contributed by atoms with Crippen LogP contribution in [0.25, 0.3) is 0 Å². The van der Waals surface area contributed by atoms with Crippen molar-refractivity contribution in [2.45, 2.75) is 45.3 Å². The van der Waals surface area contributed by atoms with Crippen molar-refractivity contribution < 1.29 is 14.3 Å². The fraction of sp³-hybridized carbons (Fsp3) is 0.917. The van der Waals surface area contributed by atoms with Crippen molar-refractivity contribution in [1.82, 2.24) is 5.32 Å². The molecule has 0 spiro atoms. The number of hydrogen-bond donors (Lipinski definition) is 1. The van der Waals surface area contributed by atoms with Crippen LogP contribution in [0.3, 0.4) is 0 Å². The molecule has 1 fully saturated rings. The van der Waals surface area contributed by atoms with Gasteiger partial charge in [-0.05, 0) is 25.8 Å². The third-order valence-electron chi connectivity index (χ3n) is 2.99. The number of ether oxygens (including phenoxy) is 2. The molecule has 1 N–H and O–H groups in total. The van der Waals surface area contributed by atoms with Crippen LogP contribution in [-0.4, -0.2) is 37.9 Å². The molecule has 0 aromatic carbocycles. The maximum atomic E-state index is 11.9. The molecule has 0 aliphatic carbocycles. The van der Waals surface area contributed by atoms with Gasteiger partial charge in [-0.2, -0.15) is 0 Å². The number of methoxy groups -OCH3 is 1. The molecule has 94 valence electrons. The Hall–Kier alpha value is -0.610. The quantitative estimate of drug-likeness (QED) is 0.739. The predicted octanol–water partition coefficient (Wildman–Crippen LogP) is 1.34. The van der Waals surface area contributed by atoms with Gasteiger partial charge in [0.25, 0.3) is 0 Å². The predicted molar refractivity (Wildman–Crippen MR) is 62.2 cm³/mol. The maximum Gasteiger partial charge on any atom is 0.326 e. The fourth-order valence-corrected chi connectivity index (χ4v) is 2.10. The van der Waals surface area contributed by atoms with E-state index in [0.29, 0.717) is 25.4 Å². The van der Waals surface area contributed by atoms with Crippen molar-refractivity contribution in [3.05, 3.63) is 0 Å². The molecule has 2 unspecified atom stereocenters. The summed E-state index contributed by atoms with van der Waals surface area (Å²) in [6.45, 7) is 7.68. The molecule has 0 saturated carbocycles. The van der Waals surface area contributed by atoms with Gasteiger partial charge in [0.1, 0.15) is 5.54 Å². The largest absolute Gasteiger partial charge is 0.468 e. The summed E-state index contributed by atoms with van der Waals surface area (Å²) in [5, 5.41) is 3.36. The minimum atomic E-state index is -0.545. The maximum absolute atomic E-state index is 11.9. The Bertz CT molecular complexity index is 242. The number of nitrogens with one attached hydrogen (secondary N) is 1. The number of esters is 1. The van der Waals surface area contributed by atoms with Crippen LogP contribution in [0.4, 0.5) is 0 Å². The van der Waals surface area contributed by atoms with Crippen LogP contribution >= 0.6 is 0 Å². The molecule has 1 aliphatic rings. The highest BCUT2D eigenvalue weighted by Crippen LogP contribution is 2.26. The summed E-state index contributed by atoms with van der Waals surface area (Å²) in [4.78, 5) is 11.9. The standard InChI is InChI=1S/C12H23NO3/c1-9(2)8-13-12(11(14)15-4)5-6-16-10(3)7-12/h9-10,13H,5-8H2,1-4H3. The van der Waals surface area contributed by atoms with Gasteiger partial charge in [0.15, 0.2) is 0 Å². The minimum absolute atomic E-state index is 0.104. The Labute approximate surface area is 97.7 Å². The Morgan fingerprint density at radius 1 is 1.62 bits per heavy atom. The van der Waals surface area contributed by atoms with Crippen LogP contribution in [0.2, 0.25) is 0 Å². The van der Waals surface area contributed by atoms with Gasteiger partial charge in [-0.3, -0.25) is 4.79 Å². The van der Waals surface area contributed by atoms with Crippen molar-refractivity contribution in [2.24, 2.45) is 5.92 Å². The van der Waals surface area contributed by atoms with Crippen LogP contribution in [0.5, 0.6) is 0 Å². The summed E-state index contributed by atoms with van der Waals surface area (Å²) < 4.78 is 10.4. The summed E-state index contributed by atoms with van der Waals surface area (Å²) in [5.74, 6) is 0.350. The number of carbonyl (C=O) groups excluding carboxylic acids is 1. The van der Waals surface area contributed by atoms with Crippen LogP contribution in [0, 0.1) is 5.92 Å². The van der Waals surface area contributed by atoms with Crippen molar-refractivity contribution in [3.8, 4) is 0 Å². The van der Waals surface area contributed by atoms with Crippen molar-refractivity contribution in [2.75, 3.05) is 20.3 Å². The van der Waals surface area contributed by atoms with E-state index in [4.69, 9.17) is 9.47 Å². The average Bonchev–Trinajstić information content (AvgIpc) is 2.25. The molecule has 0 aromatic heterocycles. The van der Waals surface area contributed by atoms with Gasteiger partial charge in [0, 0.05) is 13.0 Å². The normalized spacial score (nSPS) is 30.4. The van der Waals surface area contributed by atoms with E-state index in [0.717, 1.165) is 6.54 Å². The second-order valence-electron chi connectivity index (χ2n) is 4.98. The lowest BCUT2D eigenvalue weighted by atomic mass is 9.86. The third-order valence-corrected chi connectivity index (χ3v) is 2.99. The van der Waals surface area contributed by atoms with Crippen LogP contribution in [0.15, 0.2) is 0 Å². The first kappa shape index (κ1) is 13.5. The molecule has 0 radical (unpaired) electrons. The number of carbonyl (C=O) groups is 1. The molecule has 2 atom stereocenters. The molecule has 0 aromatic rings. The molecule has 0 bridgehead atoms. The van der Waals surface area contributed by atoms with Gasteiger partial charge in [-0.15, -0.1) is 0 Å². The minimum Gasteiger partial charge on any atom is -0.468 e. The second kappa shape index (κ2) is 5.64. The Balaban J connectivity index is 2.71. The monoisotopic (exact) mass is 229 g/mol. The lowest BCUT2D eigenvalue weighted by molar-refractivity contribution is -0.155. The lowest BCUT2D eigenvalue weighted by Gasteiger charge is -2.38. The van der Waals surface area contributed by atoms with Gasteiger partial charge in [-0.25, -0.2) is 0 Å². The van der Waals surface area contributed by atoms with E-state index in [1.165, 1.54) is 7.11 Å². The molecule has 1 heterocycles. The lowest BCUT2D eigenvalue weighted by Crippen LogP contribution is -2.58. The molecular weight excluding hydrogens is 206 g/mol. The SMILES string of the molecule is COC(=O)C1(NCC(C)C)CCOC(C)C1. The van der Waals surface area contributed by atoms with Crippen molar-refractivity contribution >= 4 is 5.97 Å². The molecule has 4 nitrogen and oxygen atoms in total. The summed E-state index contributed by atoms with van der Waals surface area (Å²) in [7, 11) is 1.45. The number of hydrogen-bond acceptors (Lipinski definition) is 4. The number of rotatable bonds is 4. The van der Waals surface area contributed by atoms with Crippen molar-refractivity contribution in [1.29, 1.82) is 0 Å². The first-order valence-electron chi connectivity index (χ1n) is 5.95. The topological polar surface area (TPSA) is 47.6 Å². The first-order chi connectivity index (χ1) is 7.50. The Kier molecular flexibility index (Phi) is 4.74. The van der Waals surface area contributed by atoms with Gasteiger partial charge < -0.3 is 14.8 Å². The van der Waals surface area contributed by atoms with E-state index in [1.807, 2.05) is 6.92 Å². The van der Waals surface area contributed by atoms with Gasteiger partial charge in [0.2, 0.25) is 0 Å². The van der Waals surface area contributed by atoms with E-state index < -0.39 is 5.54 Å². The van der Waals surface area contributed by atoms with Crippen LogP contribution in [0.1, 0.15) is 33.6 Å². The fourth-order valence-electron chi connectivity index (χ4n) is 2.10. The molecule has 1 rings (SSSR count). The second-order valence-corrected chi connectivity index (χ2v) is 4.98. The molecule has 1 aliphatic heterocycles. The van der Waals surface area contributed by atoms with E-state index in [9.17, 15) is 4.79 Å². The summed E-state index contributed by atoms with van der Waals surface area (Å²) >= 11 is 0. The van der Waals surface area contributed by atoms with Gasteiger partial charge in [0.05, 0.1) is 13.2 Å². The highest BCUT2D eigenvalue weighted by molar-refractivity contribution is 5.81. The van der Waals surface area contributed by atoms with E-state index >= 15 is 0 Å². The van der Waals surface area contributed by atoms with Gasteiger partial charge >= 0.3 is 5.97 Å². The summed E-state index contributed by atoms with van der Waals surface area (Å²) in [6.07, 6.45) is 1.48. The zero-order chi connectivity index (χ0) is 12.2. The smallest absolute Gasteiger partial charge is 0.326 e. The van der Waals surface area contributed by atoms with Crippen LogP contribution in [-0.2, 0) is 14.3 Å². The summed E-state index contributed by atoms with van der Waals surface area (Å²) in [6, 6.07) is 0. The first-order valence-corrected chi connectivity index (χ1v) is 5.95. The van der Waals surface area contributed by atoms with Crippen molar-refractivity contribution in [3.63, 3.8) is 0 Å². The zero-order valence-corrected chi connectivity index (χ0v) is 10.7. The van der Waals surface area contributed by atoms with E-state index in [-0.39, 0.29) is 12.1 Å². The Morgan fingerprint density at radius 3 is 2.81 bits per heavy atom. The van der Waals surface area contributed by atoms with Gasteiger partial charge in [-0.1, -0.05) is 13.8 Å². The summed E-state index contributed by atoms with van der Waals surface area (Å²) in [5.41, 5.74) is -0.545. The Morgan fingerprint density at radius 2 is 2.31 bits per heavy atom. The molecule has 1 saturated heterocycles. The highest BCUT2D eigenvalue weighted by Gasteiger charge is 2.43. The molecule has 16 heavy (non-hydrogen) atoms.